The van der Waals surface area contributed by atoms with E-state index in [2.05, 4.69) is 95.8 Å². The summed E-state index contributed by atoms with van der Waals surface area (Å²) in [6.45, 7) is 13.0. The Morgan fingerprint density at radius 2 is 1.26 bits per heavy atom. The first kappa shape index (κ1) is 25.9. The van der Waals surface area contributed by atoms with Gasteiger partial charge in [0.1, 0.15) is 5.60 Å². The van der Waals surface area contributed by atoms with Crippen LogP contribution in [0.5, 0.6) is 0 Å². The van der Waals surface area contributed by atoms with Crippen molar-refractivity contribution < 1.29 is 9.22 Å². The number of allylic oxidation sites excluding steroid dienone is 1. The molecule has 0 N–H and O–H groups in total. The van der Waals surface area contributed by atoms with Crippen LogP contribution in [-0.4, -0.2) is 19.7 Å². The van der Waals surface area contributed by atoms with E-state index in [0.29, 0.717) is 17.9 Å². The molecule has 0 unspecified atom stereocenters. The van der Waals surface area contributed by atoms with Gasteiger partial charge >= 0.3 is 0 Å². The van der Waals surface area contributed by atoms with Crippen molar-refractivity contribution >= 4 is 24.5 Å². The highest BCUT2D eigenvalue weighted by Crippen LogP contribution is 2.36. The fourth-order valence-electron chi connectivity index (χ4n) is 4.78. The molecular weight excluding hydrogens is 432 g/mol. The Morgan fingerprint density at radius 3 is 1.68 bits per heavy atom. The van der Waals surface area contributed by atoms with E-state index in [-0.39, 0.29) is 11.7 Å². The number of carbonyl (C=O) groups is 1. The molecule has 3 rings (SSSR count). The summed E-state index contributed by atoms with van der Waals surface area (Å²) in [7, 11) is -2.78. The zero-order valence-electron chi connectivity index (χ0n) is 21.4. The van der Waals surface area contributed by atoms with Crippen LogP contribution in [-0.2, 0) is 4.43 Å². The molecule has 0 saturated heterocycles. The van der Waals surface area contributed by atoms with Crippen LogP contribution < -0.4 is 10.4 Å². The predicted molar refractivity (Wildman–Crippen MR) is 146 cm³/mol. The SMILES string of the molecule is C/C(=C\C(C)C)[C@](CC(C)C)(O[Si](C)(c1ccccc1)c1ccccc1)C(=O)c1ccccc1. The normalized spacial score (nSPS) is 14.3. The molecular formula is C31H38O2Si. The van der Waals surface area contributed by atoms with E-state index in [4.69, 9.17) is 4.43 Å². The summed E-state index contributed by atoms with van der Waals surface area (Å²) in [5.41, 5.74) is 0.639. The average Bonchev–Trinajstić information content (AvgIpc) is 2.84. The highest BCUT2D eigenvalue weighted by molar-refractivity contribution is 6.96. The lowest BCUT2D eigenvalue weighted by atomic mass is 9.79. The lowest BCUT2D eigenvalue weighted by molar-refractivity contribution is 0.0487. The molecule has 0 heterocycles. The summed E-state index contributed by atoms with van der Waals surface area (Å²) < 4.78 is 7.41. The van der Waals surface area contributed by atoms with Crippen molar-refractivity contribution in [2.45, 2.75) is 53.2 Å². The van der Waals surface area contributed by atoms with Gasteiger partial charge in [-0.1, -0.05) is 125 Å². The molecule has 0 aliphatic rings. The van der Waals surface area contributed by atoms with Crippen LogP contribution >= 0.6 is 0 Å². The maximum absolute atomic E-state index is 14.4. The minimum absolute atomic E-state index is 0.0433. The number of Topliss-reactive ketones (excluding diaryl/α,β-unsaturated/α-hetero) is 1. The molecule has 1 atom stereocenters. The van der Waals surface area contributed by atoms with Gasteiger partial charge in [0.05, 0.1) is 0 Å². The van der Waals surface area contributed by atoms with E-state index in [9.17, 15) is 4.79 Å². The fourth-order valence-corrected chi connectivity index (χ4v) is 8.04. The summed E-state index contributed by atoms with van der Waals surface area (Å²) in [5, 5.41) is 2.32. The Bertz CT molecular complexity index is 1050. The number of carbonyl (C=O) groups excluding carboxylic acids is 1. The first-order chi connectivity index (χ1) is 16.2. The first-order valence-corrected chi connectivity index (χ1v) is 14.7. The topological polar surface area (TPSA) is 26.3 Å². The second-order valence-corrected chi connectivity index (χ2v) is 13.5. The van der Waals surface area contributed by atoms with Gasteiger partial charge in [-0.25, -0.2) is 0 Å². The maximum Gasteiger partial charge on any atom is 0.254 e. The van der Waals surface area contributed by atoms with Gasteiger partial charge in [-0.05, 0) is 47.7 Å². The second kappa shape index (κ2) is 11.1. The minimum Gasteiger partial charge on any atom is -0.392 e. The van der Waals surface area contributed by atoms with E-state index >= 15 is 0 Å². The van der Waals surface area contributed by atoms with Crippen molar-refractivity contribution in [3.05, 3.63) is 108 Å². The zero-order chi connectivity index (χ0) is 24.8. The van der Waals surface area contributed by atoms with Crippen LogP contribution in [0.15, 0.2) is 103 Å². The Morgan fingerprint density at radius 1 is 0.824 bits per heavy atom. The Balaban J connectivity index is 2.30. The van der Waals surface area contributed by atoms with Crippen molar-refractivity contribution in [2.75, 3.05) is 0 Å². The first-order valence-electron chi connectivity index (χ1n) is 12.3. The van der Waals surface area contributed by atoms with E-state index in [1.54, 1.807) is 0 Å². The molecule has 3 aromatic rings. The van der Waals surface area contributed by atoms with Gasteiger partial charge in [0.15, 0.2) is 5.78 Å². The van der Waals surface area contributed by atoms with E-state index in [0.717, 1.165) is 15.9 Å². The summed E-state index contributed by atoms with van der Waals surface area (Å²) in [5.74, 6) is 0.620. The van der Waals surface area contributed by atoms with Crippen LogP contribution in [0.1, 0.15) is 51.4 Å². The molecule has 0 amide bonds. The van der Waals surface area contributed by atoms with Crippen molar-refractivity contribution in [3.63, 3.8) is 0 Å². The highest BCUT2D eigenvalue weighted by atomic mass is 28.4. The molecule has 0 radical (unpaired) electrons. The van der Waals surface area contributed by atoms with Gasteiger partial charge in [-0.3, -0.25) is 4.79 Å². The van der Waals surface area contributed by atoms with Crippen LogP contribution in [0.3, 0.4) is 0 Å². The van der Waals surface area contributed by atoms with Gasteiger partial charge < -0.3 is 4.43 Å². The van der Waals surface area contributed by atoms with Crippen molar-refractivity contribution in [1.29, 1.82) is 0 Å². The van der Waals surface area contributed by atoms with Gasteiger partial charge in [-0.2, -0.15) is 0 Å². The molecule has 0 aromatic heterocycles. The summed E-state index contributed by atoms with van der Waals surface area (Å²) >= 11 is 0. The van der Waals surface area contributed by atoms with E-state index < -0.39 is 13.9 Å². The zero-order valence-corrected chi connectivity index (χ0v) is 22.4. The van der Waals surface area contributed by atoms with Crippen LogP contribution in [0.4, 0.5) is 0 Å². The van der Waals surface area contributed by atoms with Gasteiger partial charge in [0.2, 0.25) is 0 Å². The number of hydrogen-bond acceptors (Lipinski definition) is 2. The lowest BCUT2D eigenvalue weighted by Gasteiger charge is -2.43. The third-order valence-corrected chi connectivity index (χ3v) is 9.97. The molecule has 0 aliphatic heterocycles. The Kier molecular flexibility index (Phi) is 8.45. The maximum atomic E-state index is 14.4. The standard InChI is InChI=1S/C31H38O2Si/c1-24(2)22-26(5)31(23-25(3)4,30(32)27-16-10-7-11-17-27)33-34(6,28-18-12-8-13-19-28)29-20-14-9-15-21-29/h7-22,24-25H,23H2,1-6H3/b26-22+/t31-/m0/s1. The van der Waals surface area contributed by atoms with Crippen LogP contribution in [0.2, 0.25) is 6.55 Å². The third kappa shape index (κ3) is 5.65. The number of ketones is 1. The summed E-state index contributed by atoms with van der Waals surface area (Å²) in [6.07, 6.45) is 2.83. The second-order valence-electron chi connectivity index (χ2n) is 10.1. The number of rotatable bonds is 10. The Labute approximate surface area is 206 Å². The van der Waals surface area contributed by atoms with E-state index in [1.807, 2.05) is 42.5 Å². The Hall–Kier alpha value is -2.75. The molecule has 0 aliphatic carbocycles. The quantitative estimate of drug-likeness (QED) is 0.188. The third-order valence-electron chi connectivity index (χ3n) is 6.35. The molecule has 178 valence electrons. The average molecular weight is 471 g/mol. The molecule has 0 fully saturated rings. The number of hydrogen-bond donors (Lipinski definition) is 0. The fraction of sp³-hybridized carbons (Fsp3) is 0.323. The minimum atomic E-state index is -2.78. The number of benzene rings is 3. The van der Waals surface area contributed by atoms with Gasteiger partial charge in [0.25, 0.3) is 8.32 Å². The largest absolute Gasteiger partial charge is 0.392 e. The van der Waals surface area contributed by atoms with Crippen LogP contribution in [0, 0.1) is 11.8 Å². The molecule has 0 saturated carbocycles. The monoisotopic (exact) mass is 470 g/mol. The van der Waals surface area contributed by atoms with E-state index in [1.165, 1.54) is 0 Å². The summed E-state index contributed by atoms with van der Waals surface area (Å²) in [4.78, 5) is 14.4. The molecule has 0 spiro atoms. The van der Waals surface area contributed by atoms with Gasteiger partial charge in [-0.15, -0.1) is 0 Å². The highest BCUT2D eigenvalue weighted by Gasteiger charge is 2.49. The molecule has 2 nitrogen and oxygen atoms in total. The molecule has 34 heavy (non-hydrogen) atoms. The predicted octanol–water partition coefficient (Wildman–Crippen LogP) is 6.66. The molecule has 3 aromatic carbocycles. The molecule has 0 bridgehead atoms. The molecule has 3 heteroatoms. The van der Waals surface area contributed by atoms with Crippen molar-refractivity contribution in [1.82, 2.24) is 0 Å². The van der Waals surface area contributed by atoms with Crippen molar-refractivity contribution in [3.8, 4) is 0 Å². The van der Waals surface area contributed by atoms with Crippen molar-refractivity contribution in [2.24, 2.45) is 11.8 Å². The van der Waals surface area contributed by atoms with Crippen LogP contribution in [0.25, 0.3) is 0 Å². The van der Waals surface area contributed by atoms with Gasteiger partial charge in [0, 0.05) is 5.56 Å². The lowest BCUT2D eigenvalue weighted by Crippen LogP contribution is -2.64. The smallest absolute Gasteiger partial charge is 0.254 e. The summed E-state index contributed by atoms with van der Waals surface area (Å²) in [6, 6.07) is 30.5.